The smallest absolute Gasteiger partial charge is 0.333 e. The van der Waals surface area contributed by atoms with Gasteiger partial charge in [-0.1, -0.05) is 0 Å². The van der Waals surface area contributed by atoms with Crippen LogP contribution in [0.3, 0.4) is 0 Å². The fraction of sp³-hybridized carbons (Fsp3) is 0.364. The van der Waals surface area contributed by atoms with E-state index in [0.29, 0.717) is 30.4 Å². The lowest BCUT2D eigenvalue weighted by Gasteiger charge is -2.13. The second-order valence-electron chi connectivity index (χ2n) is 3.12. The molecule has 0 radical (unpaired) electrons. The molecule has 0 atom stereocenters. The number of carbonyl (C=O) groups excluding carboxylic acids is 1. The maximum atomic E-state index is 11.2. The van der Waals surface area contributed by atoms with Gasteiger partial charge in [0.05, 0.1) is 18.9 Å². The number of hydrazine groups is 1. The number of benzene rings is 1. The monoisotopic (exact) mass is 239 g/mol. The fourth-order valence-electron chi connectivity index (χ4n) is 1.30. The van der Waals surface area contributed by atoms with Gasteiger partial charge in [0, 0.05) is 6.07 Å². The van der Waals surface area contributed by atoms with Crippen LogP contribution < -0.4 is 26.1 Å². The highest BCUT2D eigenvalue weighted by molar-refractivity contribution is 5.90. The summed E-state index contributed by atoms with van der Waals surface area (Å²) in [6.07, 6.45) is 0. The summed E-state index contributed by atoms with van der Waals surface area (Å²) in [6.45, 7) is 4.81. The second kappa shape index (κ2) is 6.59. The van der Waals surface area contributed by atoms with Crippen molar-refractivity contribution in [3.63, 3.8) is 0 Å². The maximum Gasteiger partial charge on any atom is 0.333 e. The molecule has 0 aliphatic carbocycles. The Labute approximate surface area is 100 Å². The molecular weight excluding hydrogens is 222 g/mol. The molecule has 0 saturated carbocycles. The lowest BCUT2D eigenvalue weighted by Crippen LogP contribution is -2.34. The minimum atomic E-state index is -0.514. The third-order valence-corrected chi connectivity index (χ3v) is 1.94. The van der Waals surface area contributed by atoms with E-state index in [1.54, 1.807) is 18.2 Å². The molecule has 6 heteroatoms. The van der Waals surface area contributed by atoms with Gasteiger partial charge in [-0.25, -0.2) is 10.6 Å². The lowest BCUT2D eigenvalue weighted by atomic mass is 10.2. The zero-order valence-electron chi connectivity index (χ0n) is 9.95. The number of anilines is 1. The molecular formula is C11H17N3O3. The maximum absolute atomic E-state index is 11.2. The number of nitrogens with two attached hydrogens (primary N) is 1. The van der Waals surface area contributed by atoms with E-state index in [1.807, 2.05) is 19.3 Å². The molecule has 1 aromatic carbocycles. The van der Waals surface area contributed by atoms with Crippen molar-refractivity contribution >= 4 is 11.7 Å². The molecule has 6 nitrogen and oxygen atoms in total. The summed E-state index contributed by atoms with van der Waals surface area (Å²) in [7, 11) is 0. The van der Waals surface area contributed by atoms with Gasteiger partial charge in [-0.15, -0.1) is 0 Å². The highest BCUT2D eigenvalue weighted by atomic mass is 16.5. The molecule has 94 valence electrons. The first-order chi connectivity index (χ1) is 8.21. The Morgan fingerprint density at radius 2 is 2.00 bits per heavy atom. The summed E-state index contributed by atoms with van der Waals surface area (Å²) in [5, 5.41) is 2.56. The largest absolute Gasteiger partial charge is 0.494 e. The number of ether oxygens (including phenoxy) is 2. The number of carbonyl (C=O) groups is 1. The molecule has 4 N–H and O–H groups in total. The van der Waals surface area contributed by atoms with E-state index in [4.69, 9.17) is 15.3 Å². The first-order valence-electron chi connectivity index (χ1n) is 5.38. The lowest BCUT2D eigenvalue weighted by molar-refractivity contribution is 0.252. The van der Waals surface area contributed by atoms with Crippen LogP contribution in [0.15, 0.2) is 18.2 Å². The van der Waals surface area contributed by atoms with Crippen LogP contribution in [-0.2, 0) is 0 Å². The molecule has 0 aliphatic rings. The number of rotatable bonds is 5. The predicted molar refractivity (Wildman–Crippen MR) is 65.1 cm³/mol. The number of urea groups is 1. The molecule has 17 heavy (non-hydrogen) atoms. The van der Waals surface area contributed by atoms with Crippen molar-refractivity contribution in [2.24, 2.45) is 5.84 Å². The molecule has 0 aliphatic heterocycles. The summed E-state index contributed by atoms with van der Waals surface area (Å²) >= 11 is 0. The summed E-state index contributed by atoms with van der Waals surface area (Å²) in [6, 6.07) is 4.68. The Balaban J connectivity index is 2.93. The van der Waals surface area contributed by atoms with E-state index in [9.17, 15) is 4.79 Å². The standard InChI is InChI=1S/C11H17N3O3/c1-3-16-8-5-6-10(17-4-2)9(7-8)13-11(15)14-12/h5-7H,3-4,12H2,1-2H3,(H2,13,14,15). The summed E-state index contributed by atoms with van der Waals surface area (Å²) in [5.74, 6) is 6.23. The van der Waals surface area contributed by atoms with Crippen LogP contribution in [0.5, 0.6) is 11.5 Å². The van der Waals surface area contributed by atoms with Gasteiger partial charge in [-0.05, 0) is 26.0 Å². The van der Waals surface area contributed by atoms with Crippen molar-refractivity contribution in [1.82, 2.24) is 5.43 Å². The molecule has 1 rings (SSSR count). The Bertz CT molecular complexity index is 382. The van der Waals surface area contributed by atoms with E-state index in [-0.39, 0.29) is 0 Å². The summed E-state index contributed by atoms with van der Waals surface area (Å²) in [5.41, 5.74) is 2.50. The van der Waals surface area contributed by atoms with Crippen LogP contribution in [0.2, 0.25) is 0 Å². The first kappa shape index (κ1) is 13.1. The van der Waals surface area contributed by atoms with Crippen molar-refractivity contribution in [3.8, 4) is 11.5 Å². The number of nitrogens with one attached hydrogen (secondary N) is 2. The van der Waals surface area contributed by atoms with Gasteiger partial charge >= 0.3 is 6.03 Å². The molecule has 1 aromatic rings. The highest BCUT2D eigenvalue weighted by Crippen LogP contribution is 2.29. The first-order valence-corrected chi connectivity index (χ1v) is 5.38. The zero-order valence-corrected chi connectivity index (χ0v) is 9.95. The Hall–Kier alpha value is -1.95. The minimum absolute atomic E-state index is 0.507. The second-order valence-corrected chi connectivity index (χ2v) is 3.12. The minimum Gasteiger partial charge on any atom is -0.494 e. The third kappa shape index (κ3) is 3.84. The molecule has 0 fully saturated rings. The van der Waals surface area contributed by atoms with Gasteiger partial charge in [0.1, 0.15) is 11.5 Å². The molecule has 0 saturated heterocycles. The van der Waals surface area contributed by atoms with Gasteiger partial charge in [0.15, 0.2) is 0 Å². The fourth-order valence-corrected chi connectivity index (χ4v) is 1.30. The van der Waals surface area contributed by atoms with Crippen molar-refractivity contribution in [3.05, 3.63) is 18.2 Å². The summed E-state index contributed by atoms with van der Waals surface area (Å²) < 4.78 is 10.7. The van der Waals surface area contributed by atoms with Crippen molar-refractivity contribution in [1.29, 1.82) is 0 Å². The topological polar surface area (TPSA) is 85.6 Å². The SMILES string of the molecule is CCOc1ccc(OCC)c(NC(=O)NN)c1. The van der Waals surface area contributed by atoms with E-state index in [1.165, 1.54) is 0 Å². The Kier molecular flexibility index (Phi) is 5.09. The van der Waals surface area contributed by atoms with Crippen LogP contribution in [0.4, 0.5) is 10.5 Å². The summed E-state index contributed by atoms with van der Waals surface area (Å²) in [4.78, 5) is 11.2. The molecule has 0 unspecified atom stereocenters. The highest BCUT2D eigenvalue weighted by Gasteiger charge is 2.08. The molecule has 2 amide bonds. The van der Waals surface area contributed by atoms with Gasteiger partial charge < -0.3 is 14.8 Å². The normalized spacial score (nSPS) is 9.59. The Morgan fingerprint density at radius 1 is 1.29 bits per heavy atom. The molecule has 0 bridgehead atoms. The van der Waals surface area contributed by atoms with Gasteiger partial charge in [0.25, 0.3) is 0 Å². The van der Waals surface area contributed by atoms with Crippen LogP contribution in [0.25, 0.3) is 0 Å². The number of hydrogen-bond donors (Lipinski definition) is 3. The van der Waals surface area contributed by atoms with Crippen LogP contribution in [0.1, 0.15) is 13.8 Å². The number of amides is 2. The van der Waals surface area contributed by atoms with Crippen LogP contribution >= 0.6 is 0 Å². The van der Waals surface area contributed by atoms with E-state index in [0.717, 1.165) is 0 Å². The van der Waals surface area contributed by atoms with Crippen molar-refractivity contribution in [2.75, 3.05) is 18.5 Å². The average molecular weight is 239 g/mol. The van der Waals surface area contributed by atoms with E-state index in [2.05, 4.69) is 5.32 Å². The van der Waals surface area contributed by atoms with E-state index >= 15 is 0 Å². The molecule has 0 aromatic heterocycles. The van der Waals surface area contributed by atoms with Gasteiger partial charge in [-0.2, -0.15) is 0 Å². The van der Waals surface area contributed by atoms with Gasteiger partial charge in [-0.3, -0.25) is 5.43 Å². The molecule has 0 heterocycles. The van der Waals surface area contributed by atoms with Crippen LogP contribution in [-0.4, -0.2) is 19.2 Å². The van der Waals surface area contributed by atoms with Crippen molar-refractivity contribution < 1.29 is 14.3 Å². The zero-order chi connectivity index (χ0) is 12.7. The quantitative estimate of drug-likeness (QED) is 0.412. The predicted octanol–water partition coefficient (Wildman–Crippen LogP) is 1.48. The Morgan fingerprint density at radius 3 is 2.59 bits per heavy atom. The molecule has 0 spiro atoms. The third-order valence-electron chi connectivity index (χ3n) is 1.94. The van der Waals surface area contributed by atoms with Crippen LogP contribution in [0, 0.1) is 0 Å². The van der Waals surface area contributed by atoms with E-state index < -0.39 is 6.03 Å². The van der Waals surface area contributed by atoms with Gasteiger partial charge in [0.2, 0.25) is 0 Å². The van der Waals surface area contributed by atoms with Crippen molar-refractivity contribution in [2.45, 2.75) is 13.8 Å². The number of hydrogen-bond acceptors (Lipinski definition) is 4. The average Bonchev–Trinajstić information content (AvgIpc) is 2.33.